The summed E-state index contributed by atoms with van der Waals surface area (Å²) in [4.78, 5) is 0. The van der Waals surface area contributed by atoms with E-state index in [-0.39, 0.29) is 0 Å². The van der Waals surface area contributed by atoms with Crippen LogP contribution in [0.3, 0.4) is 0 Å². The first kappa shape index (κ1) is 25.5. The Hall–Kier alpha value is 0.500. The standard InChI is InChI=1S/6C3H7O.Nb/c6*1-2-3-4;/h6*2-3H2,1H3;/q6*-1;+6. The molecule has 0 aliphatic rings. The maximum atomic E-state index is 6.35. The first-order chi connectivity index (χ1) is 12.0. The minimum absolute atomic E-state index is 0.402. The molecule has 0 aliphatic carbocycles. The van der Waals surface area contributed by atoms with Crippen LogP contribution in [0.4, 0.5) is 0 Å². The van der Waals surface area contributed by atoms with Crippen molar-refractivity contribution in [2.45, 2.75) is 80.1 Å². The van der Waals surface area contributed by atoms with Crippen molar-refractivity contribution in [3.8, 4) is 0 Å². The molecule has 0 aromatic carbocycles. The van der Waals surface area contributed by atoms with Crippen LogP contribution >= 0.6 is 0 Å². The molecule has 0 unspecified atom stereocenters. The van der Waals surface area contributed by atoms with Crippen molar-refractivity contribution in [2.75, 3.05) is 39.6 Å². The van der Waals surface area contributed by atoms with Crippen molar-refractivity contribution in [2.24, 2.45) is 0 Å². The van der Waals surface area contributed by atoms with E-state index in [1.165, 1.54) is 0 Å². The summed E-state index contributed by atoms with van der Waals surface area (Å²) in [6.07, 6.45) is 4.73. The zero-order valence-corrected chi connectivity index (χ0v) is 19.6. The van der Waals surface area contributed by atoms with Gasteiger partial charge in [-0.1, -0.05) is 0 Å². The summed E-state index contributed by atoms with van der Waals surface area (Å²) in [7, 11) is 0. The molecule has 7 heteroatoms. The molecule has 0 heterocycles. The third-order valence-corrected chi connectivity index (χ3v) is 13.8. The van der Waals surface area contributed by atoms with Crippen LogP contribution < -0.4 is 0 Å². The number of hydrogen-bond donors (Lipinski definition) is 0. The Morgan fingerprint density at radius 2 is 0.520 bits per heavy atom. The van der Waals surface area contributed by atoms with Crippen molar-refractivity contribution in [1.29, 1.82) is 0 Å². The molecule has 0 atom stereocenters. The molecule has 0 saturated heterocycles. The van der Waals surface area contributed by atoms with Crippen LogP contribution in [0.1, 0.15) is 80.1 Å². The van der Waals surface area contributed by atoms with Crippen LogP contribution in [-0.2, 0) is 36.3 Å². The average Bonchev–Trinajstić information content (AvgIpc) is 2.66. The van der Waals surface area contributed by atoms with Crippen molar-refractivity contribution in [3.63, 3.8) is 0 Å². The van der Waals surface area contributed by atoms with Crippen molar-refractivity contribution in [3.05, 3.63) is 0 Å². The Bertz CT molecular complexity index is 253. The van der Waals surface area contributed by atoms with E-state index in [2.05, 4.69) is 0 Å². The number of hydrogen-bond acceptors (Lipinski definition) is 6. The monoisotopic (exact) mass is 447 g/mol. The van der Waals surface area contributed by atoms with Gasteiger partial charge in [-0.3, -0.25) is 0 Å². The van der Waals surface area contributed by atoms with Crippen molar-refractivity contribution in [1.82, 2.24) is 0 Å². The second-order valence-corrected chi connectivity index (χ2v) is 15.4. The summed E-state index contributed by atoms with van der Waals surface area (Å²) in [5, 5.41) is 0. The summed E-state index contributed by atoms with van der Waals surface area (Å²) in [5.74, 6) is 0. The van der Waals surface area contributed by atoms with E-state index in [4.69, 9.17) is 19.5 Å². The first-order valence-corrected chi connectivity index (χ1v) is 15.5. The second-order valence-electron chi connectivity index (χ2n) is 6.12. The summed E-state index contributed by atoms with van der Waals surface area (Å²) in [5.41, 5.74) is 0. The van der Waals surface area contributed by atoms with E-state index >= 15 is 0 Å². The fourth-order valence-electron chi connectivity index (χ4n) is 2.22. The van der Waals surface area contributed by atoms with Gasteiger partial charge in [0.2, 0.25) is 0 Å². The Morgan fingerprint density at radius 3 is 0.640 bits per heavy atom. The second kappa shape index (κ2) is 12.1. The van der Waals surface area contributed by atoms with Crippen LogP contribution in [-0.4, -0.2) is 39.6 Å². The van der Waals surface area contributed by atoms with E-state index in [0.29, 0.717) is 39.6 Å². The molecule has 0 aliphatic heterocycles. The predicted octanol–water partition coefficient (Wildman–Crippen LogP) is 5.26. The van der Waals surface area contributed by atoms with Crippen LogP contribution in [0.25, 0.3) is 0 Å². The molecule has 0 saturated carbocycles. The van der Waals surface area contributed by atoms with Crippen LogP contribution in [0.15, 0.2) is 0 Å². The van der Waals surface area contributed by atoms with E-state index < -0.39 is 16.9 Å². The van der Waals surface area contributed by atoms with E-state index in [9.17, 15) is 0 Å². The average molecular weight is 447 g/mol. The topological polar surface area (TPSA) is 55.4 Å². The molecule has 0 N–H and O–H groups in total. The molecule has 0 aromatic heterocycles. The molecule has 0 radical (unpaired) electrons. The van der Waals surface area contributed by atoms with Crippen LogP contribution in [0.2, 0.25) is 0 Å². The molecular weight excluding hydrogens is 405 g/mol. The molecule has 0 aromatic rings. The maximum absolute atomic E-state index is 6.35. The molecule has 0 fully saturated rings. The Kier molecular flexibility index (Phi) is 12.3. The molecule has 6 nitrogen and oxygen atoms in total. The quantitative estimate of drug-likeness (QED) is 0.267. The van der Waals surface area contributed by atoms with E-state index in [0.717, 1.165) is 38.5 Å². The SMILES string of the molecule is CCC[O][Nb]([O]CCC)([O]CCC)([O]CCC)([O]CCC)[O]CCC. The van der Waals surface area contributed by atoms with Gasteiger partial charge in [0.05, 0.1) is 0 Å². The van der Waals surface area contributed by atoms with Gasteiger partial charge in [0, 0.05) is 0 Å². The molecule has 0 bridgehead atoms. The fourth-order valence-corrected chi connectivity index (χ4v) is 13.2. The normalized spacial score (nSPS) is 15.1. The van der Waals surface area contributed by atoms with Gasteiger partial charge in [-0.15, -0.1) is 0 Å². The number of rotatable bonds is 18. The van der Waals surface area contributed by atoms with Gasteiger partial charge in [0.25, 0.3) is 0 Å². The third kappa shape index (κ3) is 6.87. The summed E-state index contributed by atoms with van der Waals surface area (Å²) in [6, 6.07) is 0. The zero-order chi connectivity index (χ0) is 19.1. The Labute approximate surface area is 156 Å². The van der Waals surface area contributed by atoms with E-state index in [1.807, 2.05) is 41.5 Å². The van der Waals surface area contributed by atoms with Crippen molar-refractivity contribution < 1.29 is 36.3 Å². The molecule has 0 amide bonds. The zero-order valence-electron chi connectivity index (χ0n) is 17.4. The Balaban J connectivity index is 6.28. The van der Waals surface area contributed by atoms with Gasteiger partial charge >= 0.3 is 156 Å². The molecule has 0 rings (SSSR count). The first-order valence-electron chi connectivity index (χ1n) is 10.1. The summed E-state index contributed by atoms with van der Waals surface area (Å²) >= 11 is -6.16. The molecule has 25 heavy (non-hydrogen) atoms. The van der Waals surface area contributed by atoms with Gasteiger partial charge in [-0.25, -0.2) is 0 Å². The third-order valence-electron chi connectivity index (χ3n) is 3.35. The van der Waals surface area contributed by atoms with Crippen molar-refractivity contribution >= 4 is 0 Å². The fraction of sp³-hybridized carbons (Fsp3) is 1.00. The van der Waals surface area contributed by atoms with Gasteiger partial charge in [0.15, 0.2) is 0 Å². The van der Waals surface area contributed by atoms with Crippen LogP contribution in [0.5, 0.6) is 0 Å². The molecular formula is C18H42NbO6. The minimum atomic E-state index is -6.16. The van der Waals surface area contributed by atoms with Gasteiger partial charge < -0.3 is 0 Å². The van der Waals surface area contributed by atoms with Crippen LogP contribution in [0, 0.1) is 0 Å². The molecule has 0 spiro atoms. The predicted molar refractivity (Wildman–Crippen MR) is 97.5 cm³/mol. The molecule has 155 valence electrons. The van der Waals surface area contributed by atoms with Gasteiger partial charge in [-0.2, -0.15) is 0 Å². The summed E-state index contributed by atoms with van der Waals surface area (Å²) in [6.45, 7) is 14.6. The van der Waals surface area contributed by atoms with Gasteiger partial charge in [0.1, 0.15) is 0 Å². The summed E-state index contributed by atoms with van der Waals surface area (Å²) < 4.78 is 38.1. The Morgan fingerprint density at radius 1 is 0.360 bits per heavy atom. The van der Waals surface area contributed by atoms with Gasteiger partial charge in [-0.05, 0) is 0 Å². The van der Waals surface area contributed by atoms with E-state index in [1.54, 1.807) is 0 Å².